The fraction of sp³-hybridized carbons (Fsp3) is 0.333. The molecule has 3 unspecified atom stereocenters. The van der Waals surface area contributed by atoms with Crippen molar-refractivity contribution in [2.45, 2.75) is 38.6 Å². The SMILES string of the molecule is Cc1c(C(=O)[C]2CC(C(=O)c3cc(F)c(F)c(F)c3C)CN(C3CCN(C(N)=O)CC3c3ccc(F)cc3)C2)cc(F)c(F)c1F. The van der Waals surface area contributed by atoms with Gasteiger partial charge in [0.1, 0.15) is 5.82 Å². The summed E-state index contributed by atoms with van der Waals surface area (Å²) in [6.07, 6.45) is 0.000645. The first-order valence-corrected chi connectivity index (χ1v) is 14.4. The van der Waals surface area contributed by atoms with Crippen molar-refractivity contribution in [3.63, 3.8) is 0 Å². The van der Waals surface area contributed by atoms with Gasteiger partial charge >= 0.3 is 6.03 Å². The Morgan fingerprint density at radius 2 is 1.35 bits per heavy atom. The minimum absolute atomic E-state index is 0.00834. The number of nitrogens with zero attached hydrogens (tertiary/aromatic N) is 2. The van der Waals surface area contributed by atoms with Crippen molar-refractivity contribution in [3.05, 3.63) is 111 Å². The second-order valence-corrected chi connectivity index (χ2v) is 11.7. The van der Waals surface area contributed by atoms with Crippen molar-refractivity contribution >= 4 is 17.6 Å². The summed E-state index contributed by atoms with van der Waals surface area (Å²) in [4.78, 5) is 42.9. The molecule has 13 heteroatoms. The lowest BCUT2D eigenvalue weighted by Crippen LogP contribution is -2.56. The molecule has 0 saturated carbocycles. The van der Waals surface area contributed by atoms with Gasteiger partial charge in [-0.15, -0.1) is 0 Å². The molecule has 2 heterocycles. The highest BCUT2D eigenvalue weighted by atomic mass is 19.2. The van der Waals surface area contributed by atoms with Gasteiger partial charge in [-0.05, 0) is 67.6 Å². The number of carbonyl (C=O) groups excluding carboxylic acids is 3. The summed E-state index contributed by atoms with van der Waals surface area (Å²) in [5.74, 6) is -13.6. The van der Waals surface area contributed by atoms with Crippen molar-refractivity contribution in [1.29, 1.82) is 0 Å². The summed E-state index contributed by atoms with van der Waals surface area (Å²) >= 11 is 0. The molecular formula is C33H29F7N3O3. The molecule has 2 saturated heterocycles. The Balaban J connectivity index is 1.57. The molecule has 0 aliphatic carbocycles. The molecule has 6 nitrogen and oxygen atoms in total. The number of rotatable bonds is 6. The van der Waals surface area contributed by atoms with E-state index in [1.165, 1.54) is 29.2 Å². The number of hydrogen-bond acceptors (Lipinski definition) is 4. The Kier molecular flexibility index (Phi) is 9.26. The third kappa shape index (κ3) is 6.12. The number of nitrogens with two attached hydrogens (primary N) is 1. The molecule has 3 aromatic carbocycles. The highest BCUT2D eigenvalue weighted by molar-refractivity contribution is 6.08. The van der Waals surface area contributed by atoms with Crippen LogP contribution in [0.5, 0.6) is 0 Å². The van der Waals surface area contributed by atoms with E-state index in [1.807, 2.05) is 0 Å². The fourth-order valence-corrected chi connectivity index (χ4v) is 6.50. The Bertz CT molecular complexity index is 1630. The van der Waals surface area contributed by atoms with Crippen molar-refractivity contribution in [2.24, 2.45) is 11.7 Å². The zero-order chi connectivity index (χ0) is 33.6. The lowest BCUT2D eigenvalue weighted by molar-refractivity contribution is 0.0583. The number of primary amides is 1. The number of Topliss-reactive ketones (excluding diaryl/α,β-unsaturated/α-hetero) is 2. The van der Waals surface area contributed by atoms with Crippen LogP contribution < -0.4 is 5.73 Å². The topological polar surface area (TPSA) is 83.7 Å². The largest absolute Gasteiger partial charge is 0.351 e. The van der Waals surface area contributed by atoms with Crippen molar-refractivity contribution in [1.82, 2.24) is 9.80 Å². The summed E-state index contributed by atoms with van der Waals surface area (Å²) in [7, 11) is 0. The van der Waals surface area contributed by atoms with Crippen molar-refractivity contribution in [2.75, 3.05) is 26.2 Å². The number of halogens is 7. The first-order valence-electron chi connectivity index (χ1n) is 14.4. The second-order valence-electron chi connectivity index (χ2n) is 11.7. The molecule has 0 bridgehead atoms. The highest BCUT2D eigenvalue weighted by Gasteiger charge is 2.44. The molecule has 3 atom stereocenters. The van der Waals surface area contributed by atoms with Crippen molar-refractivity contribution < 1.29 is 45.1 Å². The molecule has 243 valence electrons. The predicted molar refractivity (Wildman–Crippen MR) is 152 cm³/mol. The molecule has 2 aliphatic heterocycles. The number of amides is 2. The van der Waals surface area contributed by atoms with E-state index in [-0.39, 0.29) is 44.9 Å². The van der Waals surface area contributed by atoms with E-state index in [0.29, 0.717) is 17.7 Å². The van der Waals surface area contributed by atoms with Gasteiger partial charge in [-0.2, -0.15) is 0 Å². The van der Waals surface area contributed by atoms with E-state index < -0.39 is 98.4 Å². The van der Waals surface area contributed by atoms with Crippen LogP contribution in [0, 0.1) is 66.4 Å². The molecule has 2 fully saturated rings. The Morgan fingerprint density at radius 1 is 0.783 bits per heavy atom. The van der Waals surface area contributed by atoms with E-state index in [1.54, 1.807) is 4.90 Å². The van der Waals surface area contributed by atoms with E-state index in [9.17, 15) is 45.1 Å². The number of benzene rings is 3. The molecule has 1 radical (unpaired) electrons. The first-order chi connectivity index (χ1) is 21.7. The van der Waals surface area contributed by atoms with Crippen LogP contribution in [0.25, 0.3) is 0 Å². The monoisotopic (exact) mass is 648 g/mol. The number of piperidine rings is 2. The lowest BCUT2D eigenvalue weighted by atomic mass is 9.77. The van der Waals surface area contributed by atoms with Crippen LogP contribution in [0.4, 0.5) is 35.5 Å². The Labute approximate surface area is 260 Å². The molecule has 2 aliphatic rings. The average Bonchev–Trinajstić information content (AvgIpc) is 3.05. The third-order valence-corrected chi connectivity index (χ3v) is 9.01. The van der Waals surface area contributed by atoms with Gasteiger partial charge in [0.05, 0.1) is 5.92 Å². The quantitative estimate of drug-likeness (QED) is 0.197. The molecule has 0 spiro atoms. The van der Waals surface area contributed by atoms with Crippen LogP contribution in [0.2, 0.25) is 0 Å². The molecule has 2 amide bonds. The van der Waals surface area contributed by atoms with Gasteiger partial charge in [0.25, 0.3) is 0 Å². The average molecular weight is 649 g/mol. The number of ketones is 2. The standard InChI is InChI=1S/C33H29F7N3O3/c1-15-21(10-24(35)29(39)27(15)37)31(44)18-9-19(32(45)22-11-25(36)30(40)28(38)16(22)2)13-43(12-18)26-7-8-42(33(41)46)14-23(26)17-3-5-20(34)6-4-17/h3-6,10-11,18,23,26H,7-9,12-14H2,1-2H3,(H2,41,46). The highest BCUT2D eigenvalue weighted by Crippen LogP contribution is 2.38. The maximum atomic E-state index is 14.5. The predicted octanol–water partition coefficient (Wildman–Crippen LogP) is 6.18. The van der Waals surface area contributed by atoms with Gasteiger partial charge in [-0.3, -0.25) is 14.5 Å². The smallest absolute Gasteiger partial charge is 0.314 e. The summed E-state index contributed by atoms with van der Waals surface area (Å²) in [5.41, 5.74) is 4.38. The first kappa shape index (κ1) is 33.1. The van der Waals surface area contributed by atoms with E-state index in [4.69, 9.17) is 5.73 Å². The maximum absolute atomic E-state index is 14.5. The van der Waals surface area contributed by atoms with Crippen LogP contribution in [0.1, 0.15) is 56.2 Å². The number of carbonyl (C=O) groups is 3. The van der Waals surface area contributed by atoms with Crippen molar-refractivity contribution in [3.8, 4) is 0 Å². The molecule has 3 aromatic rings. The molecule has 0 aromatic heterocycles. The Hall–Kier alpha value is -4.26. The van der Waals surface area contributed by atoms with Crippen LogP contribution in [0.3, 0.4) is 0 Å². The summed E-state index contributed by atoms with van der Waals surface area (Å²) in [5, 5.41) is 0. The summed E-state index contributed by atoms with van der Waals surface area (Å²) in [6.45, 7) is 2.33. The minimum atomic E-state index is -1.75. The van der Waals surface area contributed by atoms with E-state index in [2.05, 4.69) is 0 Å². The second kappa shape index (κ2) is 12.9. The summed E-state index contributed by atoms with van der Waals surface area (Å²) in [6, 6.07) is 5.50. The van der Waals surface area contributed by atoms with Gasteiger partial charge < -0.3 is 10.6 Å². The molecule has 46 heavy (non-hydrogen) atoms. The Morgan fingerprint density at radius 3 is 1.93 bits per heavy atom. The number of hydrogen-bond donors (Lipinski definition) is 1. The van der Waals surface area contributed by atoms with Crippen LogP contribution >= 0.6 is 0 Å². The molecular weight excluding hydrogens is 619 g/mol. The summed E-state index contributed by atoms with van der Waals surface area (Å²) < 4.78 is 99.1. The van der Waals surface area contributed by atoms with Crippen LogP contribution in [-0.2, 0) is 0 Å². The van der Waals surface area contributed by atoms with Gasteiger partial charge in [0, 0.05) is 55.2 Å². The minimum Gasteiger partial charge on any atom is -0.351 e. The third-order valence-electron chi connectivity index (χ3n) is 9.01. The zero-order valence-electron chi connectivity index (χ0n) is 24.8. The molecule has 5 rings (SSSR count). The fourth-order valence-electron chi connectivity index (χ4n) is 6.50. The van der Waals surface area contributed by atoms with Gasteiger partial charge in [0.2, 0.25) is 0 Å². The lowest BCUT2D eigenvalue weighted by Gasteiger charge is -2.47. The zero-order valence-corrected chi connectivity index (χ0v) is 24.8. The van der Waals surface area contributed by atoms with Crippen LogP contribution in [-0.4, -0.2) is 59.6 Å². The normalized spacial score (nSPS) is 21.0. The van der Waals surface area contributed by atoms with Crippen LogP contribution in [0.15, 0.2) is 36.4 Å². The van der Waals surface area contributed by atoms with Gasteiger partial charge in [0.15, 0.2) is 46.5 Å². The van der Waals surface area contributed by atoms with Gasteiger partial charge in [-0.25, -0.2) is 35.5 Å². The van der Waals surface area contributed by atoms with E-state index in [0.717, 1.165) is 13.8 Å². The van der Waals surface area contributed by atoms with Gasteiger partial charge in [-0.1, -0.05) is 12.1 Å². The molecule has 2 N–H and O–H groups in total. The maximum Gasteiger partial charge on any atom is 0.314 e. The number of urea groups is 1. The number of likely N-dealkylation sites (tertiary alicyclic amines) is 2. The van der Waals surface area contributed by atoms with E-state index >= 15 is 0 Å².